The van der Waals surface area contributed by atoms with E-state index in [0.29, 0.717) is 38.9 Å². The van der Waals surface area contributed by atoms with Crippen molar-refractivity contribution < 1.29 is 9.53 Å². The van der Waals surface area contributed by atoms with Crippen molar-refractivity contribution in [1.82, 2.24) is 14.8 Å². The first-order valence-electron chi connectivity index (χ1n) is 10.6. The first kappa shape index (κ1) is 24.1. The van der Waals surface area contributed by atoms with Crippen LogP contribution in [0.15, 0.2) is 78.0 Å². The summed E-state index contributed by atoms with van der Waals surface area (Å²) in [7, 11) is 0. The van der Waals surface area contributed by atoms with Gasteiger partial charge < -0.3 is 10.1 Å². The molecule has 0 unspecified atom stereocenters. The molecular weight excluding hydrogens is 491 g/mol. The summed E-state index contributed by atoms with van der Waals surface area (Å²) in [5.74, 6) is 1.79. The molecule has 4 aromatic rings. The van der Waals surface area contributed by atoms with E-state index in [1.54, 1.807) is 24.3 Å². The van der Waals surface area contributed by atoms with Crippen LogP contribution in [0.25, 0.3) is 5.69 Å². The van der Waals surface area contributed by atoms with Crippen molar-refractivity contribution in [3.63, 3.8) is 0 Å². The van der Waals surface area contributed by atoms with Crippen LogP contribution in [0.1, 0.15) is 17.8 Å². The van der Waals surface area contributed by atoms with Crippen molar-refractivity contribution in [2.24, 2.45) is 0 Å². The average molecular weight is 513 g/mol. The number of hydrogen-bond acceptors (Lipinski definition) is 5. The molecule has 0 aliphatic carbocycles. The van der Waals surface area contributed by atoms with Gasteiger partial charge in [-0.1, -0.05) is 59.2 Å². The maximum absolute atomic E-state index is 12.5. The van der Waals surface area contributed by atoms with Gasteiger partial charge >= 0.3 is 0 Å². The van der Waals surface area contributed by atoms with E-state index < -0.39 is 0 Å². The van der Waals surface area contributed by atoms with Gasteiger partial charge in [0.2, 0.25) is 5.91 Å². The van der Waals surface area contributed by atoms with Crippen LogP contribution < -0.4 is 10.1 Å². The molecule has 0 saturated heterocycles. The van der Waals surface area contributed by atoms with Crippen molar-refractivity contribution in [2.45, 2.75) is 25.1 Å². The molecule has 0 fully saturated rings. The number of halogens is 2. The van der Waals surface area contributed by atoms with E-state index in [-0.39, 0.29) is 12.5 Å². The lowest BCUT2D eigenvalue weighted by Gasteiger charge is -2.11. The molecule has 1 amide bonds. The minimum Gasteiger partial charge on any atom is -0.486 e. The maximum Gasteiger partial charge on any atom is 0.225 e. The first-order valence-corrected chi connectivity index (χ1v) is 12.3. The van der Waals surface area contributed by atoms with E-state index in [0.717, 1.165) is 16.9 Å². The lowest BCUT2D eigenvalue weighted by atomic mass is 10.2. The minimum absolute atomic E-state index is 0.0880. The Balaban J connectivity index is 1.43. The highest BCUT2D eigenvalue weighted by atomic mass is 35.5. The number of para-hydroxylation sites is 1. The highest BCUT2D eigenvalue weighted by Crippen LogP contribution is 2.25. The number of benzene rings is 3. The molecular formula is C25H22Cl2N4O2S. The predicted octanol–water partition coefficient (Wildman–Crippen LogP) is 6.58. The molecule has 174 valence electrons. The second-order valence-electron chi connectivity index (χ2n) is 7.42. The predicted molar refractivity (Wildman–Crippen MR) is 137 cm³/mol. The zero-order valence-corrected chi connectivity index (χ0v) is 20.7. The van der Waals surface area contributed by atoms with Gasteiger partial charge in [-0.3, -0.25) is 9.36 Å². The van der Waals surface area contributed by atoms with Gasteiger partial charge in [-0.2, -0.15) is 0 Å². The van der Waals surface area contributed by atoms with Crippen LogP contribution in [-0.4, -0.2) is 26.4 Å². The molecule has 0 radical (unpaired) electrons. The third-order valence-corrected chi connectivity index (χ3v) is 6.35. The normalized spacial score (nSPS) is 10.8. The number of thioether (sulfide) groups is 1. The van der Waals surface area contributed by atoms with Crippen LogP contribution in [0.2, 0.25) is 10.0 Å². The Morgan fingerprint density at radius 3 is 2.50 bits per heavy atom. The number of aromatic nitrogens is 3. The van der Waals surface area contributed by atoms with Gasteiger partial charge in [-0.05, 0) is 61.0 Å². The zero-order valence-electron chi connectivity index (χ0n) is 18.4. The molecule has 0 aliphatic heterocycles. The van der Waals surface area contributed by atoms with Crippen LogP contribution in [0.4, 0.5) is 5.69 Å². The van der Waals surface area contributed by atoms with E-state index in [4.69, 9.17) is 27.9 Å². The first-order chi connectivity index (χ1) is 16.5. The maximum atomic E-state index is 12.5. The summed E-state index contributed by atoms with van der Waals surface area (Å²) < 4.78 is 7.83. The summed E-state index contributed by atoms with van der Waals surface area (Å²) in [6.07, 6.45) is 0.314. The number of carbonyl (C=O) groups is 1. The number of anilines is 1. The largest absolute Gasteiger partial charge is 0.486 e. The SMILES string of the molecule is Cc1ccc(Cl)cc1NC(=O)CCSc1nnc(COc2ccc(Cl)cc2)n1-c1ccccc1. The van der Waals surface area contributed by atoms with Crippen molar-refractivity contribution >= 4 is 46.6 Å². The van der Waals surface area contributed by atoms with Gasteiger partial charge in [0.25, 0.3) is 0 Å². The molecule has 0 saturated carbocycles. The average Bonchev–Trinajstić information content (AvgIpc) is 3.24. The Morgan fingerprint density at radius 1 is 1.00 bits per heavy atom. The van der Waals surface area contributed by atoms with Gasteiger partial charge in [0, 0.05) is 33.6 Å². The van der Waals surface area contributed by atoms with Crippen molar-refractivity contribution in [3.05, 3.63) is 94.2 Å². The highest BCUT2D eigenvalue weighted by Gasteiger charge is 2.16. The van der Waals surface area contributed by atoms with Crippen LogP contribution in [0.5, 0.6) is 5.75 Å². The van der Waals surface area contributed by atoms with Crippen LogP contribution in [0, 0.1) is 6.92 Å². The molecule has 1 aromatic heterocycles. The minimum atomic E-state index is -0.0880. The quantitative estimate of drug-likeness (QED) is 0.256. The molecule has 0 atom stereocenters. The molecule has 1 heterocycles. The molecule has 0 bridgehead atoms. The molecule has 9 heteroatoms. The monoisotopic (exact) mass is 512 g/mol. The second-order valence-corrected chi connectivity index (χ2v) is 9.35. The number of ether oxygens (including phenoxy) is 1. The lowest BCUT2D eigenvalue weighted by molar-refractivity contribution is -0.115. The number of nitrogens with zero attached hydrogens (tertiary/aromatic N) is 3. The standard InChI is InChI=1S/C25H22Cl2N4O2S/c1-17-7-8-19(27)15-22(17)28-24(32)13-14-34-25-30-29-23(31(25)20-5-3-2-4-6-20)16-33-21-11-9-18(26)10-12-21/h2-12,15H,13-14,16H2,1H3,(H,28,32). The molecule has 0 aliphatic rings. The van der Waals surface area contributed by atoms with E-state index >= 15 is 0 Å². The number of nitrogens with one attached hydrogen (secondary N) is 1. The number of rotatable bonds is 9. The van der Waals surface area contributed by atoms with Crippen LogP contribution in [0.3, 0.4) is 0 Å². The van der Waals surface area contributed by atoms with E-state index in [9.17, 15) is 4.79 Å². The van der Waals surface area contributed by atoms with Gasteiger partial charge in [-0.15, -0.1) is 10.2 Å². The third-order valence-electron chi connectivity index (χ3n) is 4.93. The van der Waals surface area contributed by atoms with Crippen LogP contribution in [-0.2, 0) is 11.4 Å². The summed E-state index contributed by atoms with van der Waals surface area (Å²) in [4.78, 5) is 12.5. The Morgan fingerprint density at radius 2 is 1.74 bits per heavy atom. The zero-order chi connectivity index (χ0) is 23.9. The van der Waals surface area contributed by atoms with Crippen molar-refractivity contribution in [1.29, 1.82) is 0 Å². The fraction of sp³-hybridized carbons (Fsp3) is 0.160. The van der Waals surface area contributed by atoms with E-state index in [1.807, 2.05) is 60.0 Å². The Kier molecular flexibility index (Phi) is 8.11. The summed E-state index contributed by atoms with van der Waals surface area (Å²) in [5, 5.41) is 13.5. The number of amides is 1. The van der Waals surface area contributed by atoms with Crippen molar-refractivity contribution in [2.75, 3.05) is 11.1 Å². The topological polar surface area (TPSA) is 69.0 Å². The second kappa shape index (κ2) is 11.4. The molecule has 34 heavy (non-hydrogen) atoms. The molecule has 3 aromatic carbocycles. The summed E-state index contributed by atoms with van der Waals surface area (Å²) in [6.45, 7) is 2.16. The summed E-state index contributed by atoms with van der Waals surface area (Å²) in [6, 6.07) is 22.4. The Hall–Kier alpha value is -3.00. The van der Waals surface area contributed by atoms with Gasteiger partial charge in [-0.25, -0.2) is 0 Å². The Labute approximate surface area is 212 Å². The fourth-order valence-electron chi connectivity index (χ4n) is 3.18. The number of carbonyl (C=O) groups excluding carboxylic acids is 1. The Bertz CT molecular complexity index is 1260. The van der Waals surface area contributed by atoms with Gasteiger partial charge in [0.05, 0.1) is 0 Å². The highest BCUT2D eigenvalue weighted by molar-refractivity contribution is 7.99. The van der Waals surface area contributed by atoms with Crippen molar-refractivity contribution in [3.8, 4) is 11.4 Å². The number of hydrogen-bond donors (Lipinski definition) is 1. The molecule has 0 spiro atoms. The fourth-order valence-corrected chi connectivity index (χ4v) is 4.39. The van der Waals surface area contributed by atoms with Gasteiger partial charge in [0.15, 0.2) is 11.0 Å². The molecule has 1 N–H and O–H groups in total. The van der Waals surface area contributed by atoms with E-state index in [1.165, 1.54) is 11.8 Å². The van der Waals surface area contributed by atoms with Gasteiger partial charge in [0.1, 0.15) is 12.4 Å². The summed E-state index contributed by atoms with van der Waals surface area (Å²) >= 11 is 13.5. The summed E-state index contributed by atoms with van der Waals surface area (Å²) in [5.41, 5.74) is 2.60. The molecule has 6 nitrogen and oxygen atoms in total. The molecule has 4 rings (SSSR count). The lowest BCUT2D eigenvalue weighted by Crippen LogP contribution is -2.13. The van der Waals surface area contributed by atoms with Crippen LogP contribution >= 0.6 is 35.0 Å². The number of aryl methyl sites for hydroxylation is 1. The third kappa shape index (κ3) is 6.32. The smallest absolute Gasteiger partial charge is 0.225 e. The van der Waals surface area contributed by atoms with E-state index in [2.05, 4.69) is 15.5 Å².